The van der Waals surface area contributed by atoms with Crippen LogP contribution in [0.3, 0.4) is 0 Å². The van der Waals surface area contributed by atoms with E-state index in [4.69, 9.17) is 0 Å². The fourth-order valence-corrected chi connectivity index (χ4v) is 8.28. The van der Waals surface area contributed by atoms with Gasteiger partial charge in [-0.05, 0) is 101 Å². The standard InChI is InChI=1S/C48H34N2S/c1-4-17-38(18-5-1)49(39-19-6-2-7-20-39)42-23-12-15-36(33-42)37-16-13-24-43(34-37)50(40-21-8-3-9-22-40)41-31-29-35(30-32-41)44-26-14-27-46-45-25-10-11-28-47(45)51-48(44)46/h1-34H. The monoisotopic (exact) mass is 670 g/mol. The molecule has 8 aromatic carbocycles. The average Bonchev–Trinajstić information content (AvgIpc) is 3.59. The van der Waals surface area contributed by atoms with Gasteiger partial charge in [-0.1, -0.05) is 127 Å². The highest BCUT2D eigenvalue weighted by atomic mass is 32.1. The molecule has 0 aliphatic heterocycles. The molecule has 0 spiro atoms. The zero-order valence-electron chi connectivity index (χ0n) is 27.9. The zero-order chi connectivity index (χ0) is 34.0. The van der Waals surface area contributed by atoms with E-state index in [1.165, 1.54) is 31.3 Å². The minimum absolute atomic E-state index is 1.10. The van der Waals surface area contributed by atoms with E-state index in [0.717, 1.165) is 45.3 Å². The molecule has 0 radical (unpaired) electrons. The molecule has 0 N–H and O–H groups in total. The van der Waals surface area contributed by atoms with E-state index in [9.17, 15) is 0 Å². The van der Waals surface area contributed by atoms with Crippen molar-refractivity contribution in [3.05, 3.63) is 206 Å². The van der Waals surface area contributed by atoms with Crippen LogP contribution in [-0.2, 0) is 0 Å². The van der Waals surface area contributed by atoms with Crippen molar-refractivity contribution in [2.75, 3.05) is 9.80 Å². The highest BCUT2D eigenvalue weighted by molar-refractivity contribution is 7.26. The number of hydrogen-bond donors (Lipinski definition) is 0. The van der Waals surface area contributed by atoms with Crippen molar-refractivity contribution in [2.45, 2.75) is 0 Å². The fourth-order valence-electron chi connectivity index (χ4n) is 7.04. The van der Waals surface area contributed by atoms with Crippen molar-refractivity contribution in [1.29, 1.82) is 0 Å². The predicted octanol–water partition coefficient (Wildman–Crippen LogP) is 14.3. The van der Waals surface area contributed by atoms with Crippen LogP contribution in [0.15, 0.2) is 206 Å². The van der Waals surface area contributed by atoms with E-state index in [1.54, 1.807) is 0 Å². The van der Waals surface area contributed by atoms with Crippen molar-refractivity contribution >= 4 is 65.6 Å². The highest BCUT2D eigenvalue weighted by Gasteiger charge is 2.17. The number of hydrogen-bond acceptors (Lipinski definition) is 3. The largest absolute Gasteiger partial charge is 0.310 e. The first-order valence-electron chi connectivity index (χ1n) is 17.3. The Labute approximate surface area is 302 Å². The van der Waals surface area contributed by atoms with Gasteiger partial charge in [-0.15, -0.1) is 11.3 Å². The molecule has 0 aliphatic rings. The molecule has 0 fully saturated rings. The van der Waals surface area contributed by atoms with Crippen molar-refractivity contribution in [3.8, 4) is 22.3 Å². The quantitative estimate of drug-likeness (QED) is 0.159. The Hall–Kier alpha value is -6.42. The number of nitrogens with zero attached hydrogens (tertiary/aromatic N) is 2. The molecular formula is C48H34N2S. The predicted molar refractivity (Wildman–Crippen MR) is 220 cm³/mol. The average molecular weight is 671 g/mol. The third-order valence-electron chi connectivity index (χ3n) is 9.43. The summed E-state index contributed by atoms with van der Waals surface area (Å²) in [6, 6.07) is 73.9. The zero-order valence-corrected chi connectivity index (χ0v) is 28.7. The molecule has 0 bridgehead atoms. The van der Waals surface area contributed by atoms with Crippen LogP contribution in [0.4, 0.5) is 34.1 Å². The summed E-state index contributed by atoms with van der Waals surface area (Å²) < 4.78 is 2.66. The van der Waals surface area contributed by atoms with E-state index in [-0.39, 0.29) is 0 Å². The maximum absolute atomic E-state index is 2.34. The van der Waals surface area contributed by atoms with E-state index >= 15 is 0 Å². The van der Waals surface area contributed by atoms with Gasteiger partial charge in [-0.25, -0.2) is 0 Å². The van der Waals surface area contributed by atoms with Crippen LogP contribution >= 0.6 is 11.3 Å². The minimum atomic E-state index is 1.10. The van der Waals surface area contributed by atoms with Gasteiger partial charge >= 0.3 is 0 Å². The van der Waals surface area contributed by atoms with Gasteiger partial charge in [0, 0.05) is 54.3 Å². The summed E-state index contributed by atoms with van der Waals surface area (Å²) in [6.07, 6.45) is 0. The SMILES string of the molecule is c1ccc(N(c2ccccc2)c2cccc(-c3cccc(N(c4ccccc4)c4ccc(-c5cccc6c5sc5ccccc56)cc4)c3)c2)cc1. The molecule has 3 heteroatoms. The summed E-state index contributed by atoms with van der Waals surface area (Å²) in [6.45, 7) is 0. The molecule has 0 saturated carbocycles. The molecule has 1 heterocycles. The second kappa shape index (κ2) is 13.5. The van der Waals surface area contributed by atoms with Gasteiger partial charge in [0.05, 0.1) is 0 Å². The van der Waals surface area contributed by atoms with Crippen molar-refractivity contribution in [1.82, 2.24) is 0 Å². The van der Waals surface area contributed by atoms with Crippen LogP contribution in [0.25, 0.3) is 42.4 Å². The molecule has 0 unspecified atom stereocenters. The van der Waals surface area contributed by atoms with Crippen molar-refractivity contribution < 1.29 is 0 Å². The Morgan fingerprint density at radius 2 is 0.725 bits per heavy atom. The molecule has 0 saturated heterocycles. The van der Waals surface area contributed by atoms with Gasteiger partial charge in [0.25, 0.3) is 0 Å². The summed E-state index contributed by atoms with van der Waals surface area (Å²) in [4.78, 5) is 4.65. The van der Waals surface area contributed by atoms with Crippen molar-refractivity contribution in [3.63, 3.8) is 0 Å². The second-order valence-corrected chi connectivity index (χ2v) is 13.7. The molecule has 2 nitrogen and oxygen atoms in total. The Morgan fingerprint density at radius 3 is 1.27 bits per heavy atom. The fraction of sp³-hybridized carbons (Fsp3) is 0. The number of fused-ring (bicyclic) bond motifs is 3. The first-order chi connectivity index (χ1) is 25.3. The van der Waals surface area contributed by atoms with E-state index in [2.05, 4.69) is 216 Å². The first kappa shape index (κ1) is 30.6. The topological polar surface area (TPSA) is 6.48 Å². The van der Waals surface area contributed by atoms with Gasteiger partial charge in [-0.3, -0.25) is 0 Å². The lowest BCUT2D eigenvalue weighted by Crippen LogP contribution is -2.10. The summed E-state index contributed by atoms with van der Waals surface area (Å²) in [7, 11) is 0. The van der Waals surface area contributed by atoms with Gasteiger partial charge in [0.15, 0.2) is 0 Å². The maximum Gasteiger partial charge on any atom is 0.0467 e. The Balaban J connectivity index is 1.10. The van der Waals surface area contributed by atoms with Crippen molar-refractivity contribution in [2.24, 2.45) is 0 Å². The van der Waals surface area contributed by atoms with Gasteiger partial charge in [0.1, 0.15) is 0 Å². The third kappa shape index (κ3) is 5.94. The van der Waals surface area contributed by atoms with Crippen LogP contribution < -0.4 is 9.80 Å². The number of thiophene rings is 1. The van der Waals surface area contributed by atoms with Gasteiger partial charge in [0.2, 0.25) is 0 Å². The summed E-state index contributed by atoms with van der Waals surface area (Å²) in [5.74, 6) is 0. The number of para-hydroxylation sites is 3. The number of anilines is 6. The Kier molecular flexibility index (Phi) is 8.09. The second-order valence-electron chi connectivity index (χ2n) is 12.6. The van der Waals surface area contributed by atoms with Crippen LogP contribution in [-0.4, -0.2) is 0 Å². The van der Waals surface area contributed by atoms with Crippen LogP contribution in [0.5, 0.6) is 0 Å². The van der Waals surface area contributed by atoms with Crippen LogP contribution in [0.2, 0.25) is 0 Å². The lowest BCUT2D eigenvalue weighted by molar-refractivity contribution is 1.28. The van der Waals surface area contributed by atoms with Gasteiger partial charge in [-0.2, -0.15) is 0 Å². The van der Waals surface area contributed by atoms with Crippen LogP contribution in [0.1, 0.15) is 0 Å². The normalized spacial score (nSPS) is 11.1. The van der Waals surface area contributed by atoms with E-state index < -0.39 is 0 Å². The highest BCUT2D eigenvalue weighted by Crippen LogP contribution is 2.42. The number of rotatable bonds is 8. The molecule has 51 heavy (non-hydrogen) atoms. The first-order valence-corrected chi connectivity index (χ1v) is 18.1. The Bertz CT molecular complexity index is 2540. The molecule has 242 valence electrons. The summed E-state index contributed by atoms with van der Waals surface area (Å²) >= 11 is 1.87. The molecule has 0 atom stereocenters. The maximum atomic E-state index is 2.34. The molecule has 0 amide bonds. The summed E-state index contributed by atoms with van der Waals surface area (Å²) in [5.41, 5.74) is 11.5. The Morgan fingerprint density at radius 1 is 0.294 bits per heavy atom. The number of benzene rings is 8. The van der Waals surface area contributed by atoms with Gasteiger partial charge < -0.3 is 9.80 Å². The lowest BCUT2D eigenvalue weighted by Gasteiger charge is -2.27. The minimum Gasteiger partial charge on any atom is -0.310 e. The molecule has 9 rings (SSSR count). The molecule has 1 aromatic heterocycles. The smallest absolute Gasteiger partial charge is 0.0467 e. The van der Waals surface area contributed by atoms with E-state index in [0.29, 0.717) is 0 Å². The van der Waals surface area contributed by atoms with Crippen LogP contribution in [0, 0.1) is 0 Å². The molecule has 0 aliphatic carbocycles. The molecular weight excluding hydrogens is 637 g/mol. The van der Waals surface area contributed by atoms with E-state index in [1.807, 2.05) is 11.3 Å². The lowest BCUT2D eigenvalue weighted by atomic mass is 10.0. The summed E-state index contributed by atoms with van der Waals surface area (Å²) in [5, 5.41) is 2.64. The molecule has 9 aromatic rings. The third-order valence-corrected chi connectivity index (χ3v) is 10.6.